The molecule has 0 aliphatic rings. The van der Waals surface area contributed by atoms with E-state index in [-0.39, 0.29) is 17.6 Å². The maximum atomic E-state index is 12.2. The van der Waals surface area contributed by atoms with Crippen LogP contribution in [-0.2, 0) is 4.74 Å². The van der Waals surface area contributed by atoms with Crippen LogP contribution in [0.4, 0.5) is 11.6 Å². The van der Waals surface area contributed by atoms with Gasteiger partial charge in [-0.2, -0.15) is 0 Å². The Morgan fingerprint density at radius 2 is 1.83 bits per heavy atom. The molecule has 0 aliphatic carbocycles. The van der Waals surface area contributed by atoms with E-state index in [1.54, 1.807) is 24.3 Å². The first-order valence-electron chi connectivity index (χ1n) is 7.09. The number of esters is 1. The quantitative estimate of drug-likeness (QED) is 0.823. The summed E-state index contributed by atoms with van der Waals surface area (Å²) >= 11 is 0. The number of benzene rings is 1. The number of rotatable bonds is 5. The Morgan fingerprint density at radius 3 is 2.43 bits per heavy atom. The third-order valence-electron chi connectivity index (χ3n) is 2.87. The van der Waals surface area contributed by atoms with Crippen LogP contribution in [0.2, 0.25) is 0 Å². The normalized spacial score (nSPS) is 10.3. The number of carbonyl (C=O) groups excluding carboxylic acids is 2. The predicted molar refractivity (Wildman–Crippen MR) is 86.5 cm³/mol. The highest BCUT2D eigenvalue weighted by atomic mass is 16.5. The molecule has 0 aliphatic heterocycles. The fraction of sp³-hybridized carbons (Fsp3) is 0.250. The zero-order chi connectivity index (χ0) is 16.8. The van der Waals surface area contributed by atoms with Crippen LogP contribution in [0.3, 0.4) is 0 Å². The van der Waals surface area contributed by atoms with E-state index >= 15 is 0 Å². The molecule has 1 aromatic carbocycles. The van der Waals surface area contributed by atoms with Crippen LogP contribution in [0.15, 0.2) is 36.5 Å². The fourth-order valence-electron chi connectivity index (χ4n) is 1.82. The van der Waals surface area contributed by atoms with Gasteiger partial charge in [0.05, 0.1) is 12.7 Å². The third-order valence-corrected chi connectivity index (χ3v) is 2.87. The molecule has 0 atom stereocenters. The Hall–Kier alpha value is -2.96. The first kappa shape index (κ1) is 16.4. The van der Waals surface area contributed by atoms with Crippen molar-refractivity contribution in [2.24, 2.45) is 0 Å². The van der Waals surface area contributed by atoms with Gasteiger partial charge in [0.25, 0.3) is 5.91 Å². The number of hydrogen-bond donors (Lipinski definition) is 2. The number of nitrogens with zero attached hydrogens (tertiary/aromatic N) is 2. The molecule has 7 heteroatoms. The molecular weight excluding hydrogens is 296 g/mol. The first-order valence-corrected chi connectivity index (χ1v) is 7.09. The number of aromatic nitrogens is 2. The van der Waals surface area contributed by atoms with Crippen molar-refractivity contribution in [1.29, 1.82) is 0 Å². The molecule has 120 valence electrons. The Balaban J connectivity index is 2.08. The van der Waals surface area contributed by atoms with Gasteiger partial charge in [0.1, 0.15) is 5.69 Å². The van der Waals surface area contributed by atoms with Gasteiger partial charge >= 0.3 is 5.97 Å². The topological polar surface area (TPSA) is 93.2 Å². The lowest BCUT2D eigenvalue weighted by molar-refractivity contribution is 0.0600. The minimum atomic E-state index is -0.428. The number of amides is 1. The molecule has 0 unspecified atom stereocenters. The van der Waals surface area contributed by atoms with Crippen LogP contribution in [0.1, 0.15) is 34.7 Å². The number of hydrogen-bond acceptors (Lipinski definition) is 6. The van der Waals surface area contributed by atoms with Gasteiger partial charge < -0.3 is 15.4 Å². The molecule has 1 heterocycles. The van der Waals surface area contributed by atoms with Crippen molar-refractivity contribution in [2.75, 3.05) is 17.7 Å². The van der Waals surface area contributed by atoms with Crippen molar-refractivity contribution >= 4 is 23.5 Å². The summed E-state index contributed by atoms with van der Waals surface area (Å²) in [7, 11) is 1.32. The molecule has 0 radical (unpaired) electrons. The smallest absolute Gasteiger partial charge is 0.337 e. The molecule has 0 saturated carbocycles. The number of anilines is 2. The zero-order valence-corrected chi connectivity index (χ0v) is 13.2. The highest BCUT2D eigenvalue weighted by Crippen LogP contribution is 2.12. The molecule has 2 N–H and O–H groups in total. The predicted octanol–water partition coefficient (Wildman–Crippen LogP) is 2.34. The van der Waals surface area contributed by atoms with E-state index in [2.05, 4.69) is 25.3 Å². The molecule has 0 spiro atoms. The summed E-state index contributed by atoms with van der Waals surface area (Å²) in [6, 6.07) is 8.10. The van der Waals surface area contributed by atoms with Crippen LogP contribution >= 0.6 is 0 Å². The minimum absolute atomic E-state index is 0.166. The molecule has 2 aromatic rings. The molecule has 1 aromatic heterocycles. The van der Waals surface area contributed by atoms with Gasteiger partial charge in [-0.15, -0.1) is 0 Å². The second-order valence-electron chi connectivity index (χ2n) is 5.09. The zero-order valence-electron chi connectivity index (χ0n) is 13.2. The second-order valence-corrected chi connectivity index (χ2v) is 5.09. The van der Waals surface area contributed by atoms with E-state index < -0.39 is 5.97 Å². The second kappa shape index (κ2) is 7.35. The van der Waals surface area contributed by atoms with Crippen molar-refractivity contribution in [3.8, 4) is 0 Å². The van der Waals surface area contributed by atoms with Gasteiger partial charge in [-0.1, -0.05) is 0 Å². The Labute approximate surface area is 134 Å². The summed E-state index contributed by atoms with van der Waals surface area (Å²) in [5.41, 5.74) is 1.22. The molecule has 23 heavy (non-hydrogen) atoms. The third kappa shape index (κ3) is 4.50. The SMILES string of the molecule is COC(=O)c1ccc(NC(=O)c2ccnc(NC(C)C)n2)cc1. The molecule has 0 bridgehead atoms. The van der Waals surface area contributed by atoms with Gasteiger partial charge in [0.2, 0.25) is 5.95 Å². The minimum Gasteiger partial charge on any atom is -0.465 e. The Kier molecular flexibility index (Phi) is 5.24. The molecule has 1 amide bonds. The van der Waals surface area contributed by atoms with Crippen LogP contribution in [0.25, 0.3) is 0 Å². The number of methoxy groups -OCH3 is 1. The summed E-state index contributed by atoms with van der Waals surface area (Å²) in [5.74, 6) is -0.387. The highest BCUT2D eigenvalue weighted by molar-refractivity contribution is 6.03. The van der Waals surface area contributed by atoms with E-state index in [1.165, 1.54) is 19.4 Å². The van der Waals surface area contributed by atoms with E-state index in [4.69, 9.17) is 0 Å². The summed E-state index contributed by atoms with van der Waals surface area (Å²) in [4.78, 5) is 31.8. The van der Waals surface area contributed by atoms with Gasteiger partial charge in [0, 0.05) is 17.9 Å². The van der Waals surface area contributed by atoms with E-state index in [0.717, 1.165) is 0 Å². The number of nitrogens with one attached hydrogen (secondary N) is 2. The maximum absolute atomic E-state index is 12.2. The van der Waals surface area contributed by atoms with E-state index in [1.807, 2.05) is 13.8 Å². The van der Waals surface area contributed by atoms with Gasteiger partial charge in [-0.3, -0.25) is 4.79 Å². The van der Waals surface area contributed by atoms with Crippen LogP contribution in [-0.4, -0.2) is 35.0 Å². The molecule has 0 saturated heterocycles. The lowest BCUT2D eigenvalue weighted by Gasteiger charge is -2.09. The summed E-state index contributed by atoms with van der Waals surface area (Å²) in [6.07, 6.45) is 1.52. The van der Waals surface area contributed by atoms with E-state index in [0.29, 0.717) is 17.2 Å². The maximum Gasteiger partial charge on any atom is 0.337 e. The van der Waals surface area contributed by atoms with Crippen LogP contribution in [0.5, 0.6) is 0 Å². The summed E-state index contributed by atoms with van der Waals surface area (Å²) in [6.45, 7) is 3.91. The van der Waals surface area contributed by atoms with Crippen LogP contribution < -0.4 is 10.6 Å². The van der Waals surface area contributed by atoms with Crippen molar-refractivity contribution < 1.29 is 14.3 Å². The average molecular weight is 314 g/mol. The van der Waals surface area contributed by atoms with Crippen molar-refractivity contribution in [3.05, 3.63) is 47.8 Å². The van der Waals surface area contributed by atoms with Crippen molar-refractivity contribution in [1.82, 2.24) is 9.97 Å². The Bertz CT molecular complexity index is 699. The monoisotopic (exact) mass is 314 g/mol. The average Bonchev–Trinajstić information content (AvgIpc) is 2.54. The van der Waals surface area contributed by atoms with E-state index in [9.17, 15) is 9.59 Å². The number of ether oxygens (including phenoxy) is 1. The van der Waals surface area contributed by atoms with Gasteiger partial charge in [-0.25, -0.2) is 14.8 Å². The molecule has 7 nitrogen and oxygen atoms in total. The molecule has 2 rings (SSSR count). The van der Waals surface area contributed by atoms with Crippen LogP contribution in [0, 0.1) is 0 Å². The number of carbonyl (C=O) groups is 2. The standard InChI is InChI=1S/C16H18N4O3/c1-10(2)18-16-17-9-8-13(20-16)14(21)19-12-6-4-11(5-7-12)15(22)23-3/h4-10H,1-3H3,(H,19,21)(H,17,18,20). The van der Waals surface area contributed by atoms with Gasteiger partial charge in [0.15, 0.2) is 0 Å². The fourth-order valence-corrected chi connectivity index (χ4v) is 1.82. The van der Waals surface area contributed by atoms with Crippen molar-refractivity contribution in [3.63, 3.8) is 0 Å². The highest BCUT2D eigenvalue weighted by Gasteiger charge is 2.11. The molecule has 0 fully saturated rings. The lowest BCUT2D eigenvalue weighted by atomic mass is 10.2. The summed E-state index contributed by atoms with van der Waals surface area (Å²) in [5, 5.41) is 5.75. The van der Waals surface area contributed by atoms with Crippen molar-refractivity contribution in [2.45, 2.75) is 19.9 Å². The summed E-state index contributed by atoms with van der Waals surface area (Å²) < 4.78 is 4.62. The lowest BCUT2D eigenvalue weighted by Crippen LogP contribution is -2.17. The Morgan fingerprint density at radius 1 is 1.13 bits per heavy atom. The molecular formula is C16H18N4O3. The van der Waals surface area contributed by atoms with Gasteiger partial charge in [-0.05, 0) is 44.2 Å². The first-order chi connectivity index (χ1) is 11.0. The largest absolute Gasteiger partial charge is 0.465 e.